The van der Waals surface area contributed by atoms with Crippen molar-refractivity contribution < 1.29 is 32.5 Å². The predicted octanol–water partition coefficient (Wildman–Crippen LogP) is 4.26. The van der Waals surface area contributed by atoms with Gasteiger partial charge in [-0.05, 0) is 44.0 Å². The van der Waals surface area contributed by atoms with Crippen molar-refractivity contribution in [2.24, 2.45) is 5.92 Å². The highest BCUT2D eigenvalue weighted by Crippen LogP contribution is 2.49. The summed E-state index contributed by atoms with van der Waals surface area (Å²) in [6, 6.07) is 11.0. The molecule has 3 atom stereocenters. The van der Waals surface area contributed by atoms with Gasteiger partial charge in [0.25, 0.3) is 0 Å². The van der Waals surface area contributed by atoms with Gasteiger partial charge in [0.05, 0.1) is 0 Å². The molecular formula is C21H19F3O4. The van der Waals surface area contributed by atoms with Crippen LogP contribution in [0.1, 0.15) is 41.3 Å². The summed E-state index contributed by atoms with van der Waals surface area (Å²) in [6.45, 7) is 3.39. The van der Waals surface area contributed by atoms with Gasteiger partial charge in [0.15, 0.2) is 5.78 Å². The third-order valence-electron chi connectivity index (χ3n) is 5.49. The summed E-state index contributed by atoms with van der Waals surface area (Å²) in [5, 5.41) is 11.0. The molecule has 0 aromatic heterocycles. The molecular weight excluding hydrogens is 373 g/mol. The van der Waals surface area contributed by atoms with Crippen molar-refractivity contribution in [1.82, 2.24) is 0 Å². The van der Waals surface area contributed by atoms with Gasteiger partial charge in [-0.2, -0.15) is 0 Å². The number of fused-ring (bicyclic) bond motifs is 2. The van der Waals surface area contributed by atoms with E-state index in [2.05, 4.69) is 4.74 Å². The average Bonchev–Trinajstić information content (AvgIpc) is 2.92. The lowest BCUT2D eigenvalue weighted by molar-refractivity contribution is -0.274. The number of Topliss-reactive ketones (excluding diaryl/α,β-unsaturated/α-hetero) is 1. The average molecular weight is 392 g/mol. The molecule has 7 heteroatoms. The number of benzene rings is 2. The topological polar surface area (TPSA) is 55.8 Å². The van der Waals surface area contributed by atoms with Gasteiger partial charge in [0.1, 0.15) is 23.2 Å². The van der Waals surface area contributed by atoms with E-state index in [9.17, 15) is 23.1 Å². The van der Waals surface area contributed by atoms with Crippen LogP contribution in [0, 0.1) is 5.92 Å². The fraction of sp³-hybridized carbons (Fsp3) is 0.381. The Bertz CT molecular complexity index is 935. The maximum atomic E-state index is 13.0. The lowest BCUT2D eigenvalue weighted by atomic mass is 9.73. The standard InChI is InChI=1S/C21H19F3O4/c1-20(2)19(26)17(15-9-11-5-3-4-6-13(11)18(15)25)14-10-12(27-21(22,23)24)7-8-16(14)28-20/h3-8,10,15,17,19,26H,9H2,1-2H3/t15?,17-,19-/m0/s1. The highest BCUT2D eigenvalue weighted by Gasteiger charge is 2.50. The van der Waals surface area contributed by atoms with E-state index in [0.717, 1.165) is 5.56 Å². The molecule has 1 unspecified atom stereocenters. The van der Waals surface area contributed by atoms with Crippen LogP contribution in [0.15, 0.2) is 42.5 Å². The number of hydrogen-bond donors (Lipinski definition) is 1. The maximum Gasteiger partial charge on any atom is 0.573 e. The zero-order chi connectivity index (χ0) is 20.3. The first-order valence-corrected chi connectivity index (χ1v) is 8.96. The van der Waals surface area contributed by atoms with Crippen LogP contribution in [0.5, 0.6) is 11.5 Å². The molecule has 0 bridgehead atoms. The minimum atomic E-state index is -4.84. The second-order valence-corrected chi connectivity index (χ2v) is 7.76. The maximum absolute atomic E-state index is 13.0. The highest BCUT2D eigenvalue weighted by molar-refractivity contribution is 6.02. The van der Waals surface area contributed by atoms with Crippen LogP contribution in [0.2, 0.25) is 0 Å². The van der Waals surface area contributed by atoms with E-state index in [1.165, 1.54) is 18.2 Å². The Kier molecular flexibility index (Phi) is 4.19. The predicted molar refractivity (Wildman–Crippen MR) is 94.5 cm³/mol. The van der Waals surface area contributed by atoms with Gasteiger partial charge in [0.2, 0.25) is 0 Å². The van der Waals surface area contributed by atoms with E-state index in [4.69, 9.17) is 4.74 Å². The molecule has 1 N–H and O–H groups in total. The van der Waals surface area contributed by atoms with Gasteiger partial charge < -0.3 is 14.6 Å². The molecule has 0 amide bonds. The molecule has 0 saturated heterocycles. The van der Waals surface area contributed by atoms with Crippen molar-refractivity contribution in [2.45, 2.75) is 44.3 Å². The van der Waals surface area contributed by atoms with Crippen LogP contribution in [0.4, 0.5) is 13.2 Å². The SMILES string of the molecule is CC1(C)Oc2ccc(OC(F)(F)F)cc2[C@@H](C2Cc3ccccc3C2=O)[C@@H]1O. The Morgan fingerprint density at radius 1 is 1.18 bits per heavy atom. The third-order valence-corrected chi connectivity index (χ3v) is 5.49. The van der Waals surface area contributed by atoms with E-state index in [-0.39, 0.29) is 5.78 Å². The smallest absolute Gasteiger partial charge is 0.485 e. The van der Waals surface area contributed by atoms with Gasteiger partial charge >= 0.3 is 6.36 Å². The molecule has 0 saturated carbocycles. The molecule has 2 aliphatic rings. The molecule has 0 spiro atoms. The van der Waals surface area contributed by atoms with Crippen LogP contribution in [0.3, 0.4) is 0 Å². The van der Waals surface area contributed by atoms with Gasteiger partial charge in [-0.25, -0.2) is 0 Å². The number of aliphatic hydroxyl groups excluding tert-OH is 1. The van der Waals surface area contributed by atoms with Gasteiger partial charge in [-0.1, -0.05) is 24.3 Å². The molecule has 1 heterocycles. The Labute approximate surface area is 159 Å². The Hall–Kier alpha value is -2.54. The summed E-state index contributed by atoms with van der Waals surface area (Å²) in [5.74, 6) is -1.48. The summed E-state index contributed by atoms with van der Waals surface area (Å²) < 4.78 is 47.8. The number of alkyl halides is 3. The fourth-order valence-electron chi connectivity index (χ4n) is 4.22. The highest BCUT2D eigenvalue weighted by atomic mass is 19.4. The van der Waals surface area contributed by atoms with E-state index in [0.29, 0.717) is 23.3 Å². The molecule has 0 fully saturated rings. The number of ether oxygens (including phenoxy) is 2. The van der Waals surface area contributed by atoms with Crippen LogP contribution in [-0.4, -0.2) is 29.0 Å². The van der Waals surface area contributed by atoms with E-state index >= 15 is 0 Å². The van der Waals surface area contributed by atoms with Crippen LogP contribution in [-0.2, 0) is 6.42 Å². The number of hydrogen-bond acceptors (Lipinski definition) is 4. The summed E-state index contributed by atoms with van der Waals surface area (Å²) in [7, 11) is 0. The minimum absolute atomic E-state index is 0.120. The molecule has 4 nitrogen and oxygen atoms in total. The largest absolute Gasteiger partial charge is 0.573 e. The zero-order valence-corrected chi connectivity index (χ0v) is 15.3. The number of aliphatic hydroxyl groups is 1. The van der Waals surface area contributed by atoms with Crippen molar-refractivity contribution in [2.75, 3.05) is 0 Å². The Morgan fingerprint density at radius 2 is 1.89 bits per heavy atom. The first-order chi connectivity index (χ1) is 13.1. The number of halogens is 3. The number of ketones is 1. The van der Waals surface area contributed by atoms with Crippen LogP contribution >= 0.6 is 0 Å². The lowest BCUT2D eigenvalue weighted by Gasteiger charge is -2.44. The summed E-state index contributed by atoms with van der Waals surface area (Å²) in [4.78, 5) is 13.0. The number of carbonyl (C=O) groups is 1. The molecule has 1 aliphatic carbocycles. The second kappa shape index (κ2) is 6.24. The van der Waals surface area contributed by atoms with Crippen molar-refractivity contribution in [3.63, 3.8) is 0 Å². The van der Waals surface area contributed by atoms with E-state index < -0.39 is 35.7 Å². The molecule has 28 heavy (non-hydrogen) atoms. The molecule has 0 radical (unpaired) electrons. The quantitative estimate of drug-likeness (QED) is 0.830. The van der Waals surface area contributed by atoms with Gasteiger partial charge in [-0.3, -0.25) is 4.79 Å². The molecule has 148 valence electrons. The number of carbonyl (C=O) groups excluding carboxylic acids is 1. The Morgan fingerprint density at radius 3 is 2.57 bits per heavy atom. The summed E-state index contributed by atoms with van der Waals surface area (Å²) in [6.07, 6.45) is -5.50. The normalized spacial score (nSPS) is 25.6. The van der Waals surface area contributed by atoms with Gasteiger partial charge in [-0.15, -0.1) is 13.2 Å². The molecule has 4 rings (SSSR count). The number of rotatable bonds is 2. The van der Waals surface area contributed by atoms with Crippen molar-refractivity contribution in [1.29, 1.82) is 0 Å². The minimum Gasteiger partial charge on any atom is -0.485 e. The first-order valence-electron chi connectivity index (χ1n) is 8.96. The Balaban J connectivity index is 1.79. The second-order valence-electron chi connectivity index (χ2n) is 7.76. The molecule has 2 aromatic rings. The van der Waals surface area contributed by atoms with Crippen molar-refractivity contribution >= 4 is 5.78 Å². The lowest BCUT2D eigenvalue weighted by Crippen LogP contribution is -2.51. The summed E-state index contributed by atoms with van der Waals surface area (Å²) >= 11 is 0. The van der Waals surface area contributed by atoms with E-state index in [1.807, 2.05) is 12.1 Å². The van der Waals surface area contributed by atoms with Gasteiger partial charge in [0, 0.05) is 23.0 Å². The molecule has 2 aromatic carbocycles. The molecule has 1 aliphatic heterocycles. The first kappa shape index (κ1) is 18.8. The fourth-order valence-corrected chi connectivity index (χ4v) is 4.22. The van der Waals surface area contributed by atoms with Crippen LogP contribution in [0.25, 0.3) is 0 Å². The van der Waals surface area contributed by atoms with E-state index in [1.54, 1.807) is 26.0 Å². The monoisotopic (exact) mass is 392 g/mol. The van der Waals surface area contributed by atoms with Crippen molar-refractivity contribution in [3.05, 3.63) is 59.2 Å². The third kappa shape index (κ3) is 3.13. The van der Waals surface area contributed by atoms with Crippen LogP contribution < -0.4 is 9.47 Å². The summed E-state index contributed by atoms with van der Waals surface area (Å²) in [5.41, 5.74) is 0.810. The zero-order valence-electron chi connectivity index (χ0n) is 15.3. The van der Waals surface area contributed by atoms with Crippen molar-refractivity contribution in [3.8, 4) is 11.5 Å².